The summed E-state index contributed by atoms with van der Waals surface area (Å²) in [5.74, 6) is 0.875. The lowest BCUT2D eigenvalue weighted by Crippen LogP contribution is -2.34. The van der Waals surface area contributed by atoms with Gasteiger partial charge in [-0.05, 0) is 50.5 Å². The van der Waals surface area contributed by atoms with Gasteiger partial charge in [0.05, 0.1) is 7.11 Å². The third-order valence-electron chi connectivity index (χ3n) is 3.36. The topological polar surface area (TPSA) is 35.5 Å². The standard InChI is InChI=1S/C14H18O3/c1-10-9-11(5-6-12(10)16-3)13(15)14(2)7-4-8-17-14/h5-6,9H,4,7-8H2,1-3H3. The molecule has 17 heavy (non-hydrogen) atoms. The summed E-state index contributed by atoms with van der Waals surface area (Å²) >= 11 is 0. The second-order valence-electron chi connectivity index (χ2n) is 4.70. The van der Waals surface area contributed by atoms with Crippen molar-refractivity contribution in [3.63, 3.8) is 0 Å². The van der Waals surface area contributed by atoms with Gasteiger partial charge >= 0.3 is 0 Å². The SMILES string of the molecule is COc1ccc(C(=O)C2(C)CCCO2)cc1C. The molecular formula is C14H18O3. The van der Waals surface area contributed by atoms with Crippen LogP contribution in [0.3, 0.4) is 0 Å². The second kappa shape index (κ2) is 4.49. The highest BCUT2D eigenvalue weighted by molar-refractivity contribution is 6.02. The maximum absolute atomic E-state index is 12.4. The van der Waals surface area contributed by atoms with E-state index < -0.39 is 5.60 Å². The molecule has 2 rings (SSSR count). The van der Waals surface area contributed by atoms with Gasteiger partial charge in [-0.15, -0.1) is 0 Å². The zero-order chi connectivity index (χ0) is 12.5. The molecule has 3 heteroatoms. The number of Topliss-reactive ketones (excluding diaryl/α,β-unsaturated/α-hetero) is 1. The molecule has 1 aromatic rings. The molecule has 0 N–H and O–H groups in total. The molecule has 1 fully saturated rings. The Bertz CT molecular complexity index is 431. The van der Waals surface area contributed by atoms with Gasteiger partial charge in [-0.2, -0.15) is 0 Å². The number of hydrogen-bond acceptors (Lipinski definition) is 3. The van der Waals surface area contributed by atoms with Gasteiger partial charge in [-0.3, -0.25) is 4.79 Å². The summed E-state index contributed by atoms with van der Waals surface area (Å²) in [5.41, 5.74) is 1.04. The van der Waals surface area contributed by atoms with Gasteiger partial charge in [0.2, 0.25) is 0 Å². The Labute approximate surface area is 102 Å². The minimum absolute atomic E-state index is 0.0701. The number of ketones is 1. The molecule has 1 aromatic carbocycles. The van der Waals surface area contributed by atoms with Crippen molar-refractivity contribution in [2.75, 3.05) is 13.7 Å². The summed E-state index contributed by atoms with van der Waals surface area (Å²) in [7, 11) is 1.63. The van der Waals surface area contributed by atoms with Crippen LogP contribution in [0.1, 0.15) is 35.7 Å². The average molecular weight is 234 g/mol. The summed E-state index contributed by atoms with van der Waals surface area (Å²) < 4.78 is 10.8. The van der Waals surface area contributed by atoms with Crippen molar-refractivity contribution in [2.24, 2.45) is 0 Å². The fourth-order valence-corrected chi connectivity index (χ4v) is 2.28. The van der Waals surface area contributed by atoms with Crippen LogP contribution in [0.2, 0.25) is 0 Å². The first kappa shape index (κ1) is 12.1. The molecule has 1 aliphatic heterocycles. The molecule has 0 amide bonds. The lowest BCUT2D eigenvalue weighted by molar-refractivity contribution is 0.0213. The highest BCUT2D eigenvalue weighted by Crippen LogP contribution is 2.30. The van der Waals surface area contributed by atoms with E-state index in [9.17, 15) is 4.79 Å². The van der Waals surface area contributed by atoms with Crippen LogP contribution in [-0.4, -0.2) is 25.1 Å². The molecule has 0 radical (unpaired) electrons. The van der Waals surface area contributed by atoms with Crippen molar-refractivity contribution in [2.45, 2.75) is 32.3 Å². The maximum atomic E-state index is 12.4. The fourth-order valence-electron chi connectivity index (χ4n) is 2.28. The predicted octanol–water partition coefficient (Wildman–Crippen LogP) is 2.76. The Hall–Kier alpha value is -1.35. The van der Waals surface area contributed by atoms with Crippen LogP contribution in [0.5, 0.6) is 5.75 Å². The number of ether oxygens (including phenoxy) is 2. The van der Waals surface area contributed by atoms with Crippen LogP contribution in [0, 0.1) is 6.92 Å². The van der Waals surface area contributed by atoms with Gasteiger partial charge in [-0.25, -0.2) is 0 Å². The zero-order valence-electron chi connectivity index (χ0n) is 10.6. The number of rotatable bonds is 3. The number of aryl methyl sites for hydroxylation is 1. The van der Waals surface area contributed by atoms with Crippen LogP contribution >= 0.6 is 0 Å². The van der Waals surface area contributed by atoms with Gasteiger partial charge in [0, 0.05) is 12.2 Å². The molecule has 1 unspecified atom stereocenters. The van der Waals surface area contributed by atoms with E-state index in [1.165, 1.54) is 0 Å². The maximum Gasteiger partial charge on any atom is 0.194 e. The number of benzene rings is 1. The molecule has 1 atom stereocenters. The van der Waals surface area contributed by atoms with Crippen molar-refractivity contribution < 1.29 is 14.3 Å². The average Bonchev–Trinajstić information content (AvgIpc) is 2.76. The summed E-state index contributed by atoms with van der Waals surface area (Å²) in [6.45, 7) is 4.49. The summed E-state index contributed by atoms with van der Waals surface area (Å²) in [6.07, 6.45) is 1.76. The first-order valence-electron chi connectivity index (χ1n) is 5.90. The third kappa shape index (κ3) is 2.20. The highest BCUT2D eigenvalue weighted by Gasteiger charge is 2.38. The number of hydrogen-bond donors (Lipinski definition) is 0. The molecule has 0 aliphatic carbocycles. The molecule has 1 aliphatic rings. The van der Waals surface area contributed by atoms with Gasteiger partial charge in [0.25, 0.3) is 0 Å². The largest absolute Gasteiger partial charge is 0.496 e. The van der Waals surface area contributed by atoms with Crippen LogP contribution < -0.4 is 4.74 Å². The molecule has 0 aromatic heterocycles. The predicted molar refractivity (Wildman–Crippen MR) is 65.7 cm³/mol. The first-order chi connectivity index (χ1) is 8.07. The van der Waals surface area contributed by atoms with Gasteiger partial charge in [-0.1, -0.05) is 0 Å². The Morgan fingerprint density at radius 2 is 2.24 bits per heavy atom. The van der Waals surface area contributed by atoms with E-state index >= 15 is 0 Å². The summed E-state index contributed by atoms with van der Waals surface area (Å²) in [4.78, 5) is 12.4. The van der Waals surface area contributed by atoms with Gasteiger partial charge < -0.3 is 9.47 Å². The molecular weight excluding hydrogens is 216 g/mol. The minimum atomic E-state index is -0.638. The summed E-state index contributed by atoms with van der Waals surface area (Å²) in [5, 5.41) is 0. The number of carbonyl (C=O) groups is 1. The lowest BCUT2D eigenvalue weighted by Gasteiger charge is -2.21. The number of methoxy groups -OCH3 is 1. The Morgan fingerprint density at radius 3 is 2.76 bits per heavy atom. The zero-order valence-corrected chi connectivity index (χ0v) is 10.6. The van der Waals surface area contributed by atoms with Crippen molar-refractivity contribution in [1.29, 1.82) is 0 Å². The van der Waals surface area contributed by atoms with Crippen molar-refractivity contribution in [3.8, 4) is 5.75 Å². The highest BCUT2D eigenvalue weighted by atomic mass is 16.5. The normalized spacial score (nSPS) is 23.7. The van der Waals surface area contributed by atoms with E-state index in [1.807, 2.05) is 26.0 Å². The van der Waals surface area contributed by atoms with E-state index in [0.29, 0.717) is 12.2 Å². The third-order valence-corrected chi connectivity index (χ3v) is 3.36. The van der Waals surface area contributed by atoms with Crippen molar-refractivity contribution in [3.05, 3.63) is 29.3 Å². The van der Waals surface area contributed by atoms with Crippen LogP contribution in [0.25, 0.3) is 0 Å². The second-order valence-corrected chi connectivity index (χ2v) is 4.70. The van der Waals surface area contributed by atoms with Crippen LogP contribution in [0.4, 0.5) is 0 Å². The molecule has 1 saturated heterocycles. The quantitative estimate of drug-likeness (QED) is 0.754. The van der Waals surface area contributed by atoms with Gasteiger partial charge in [0.15, 0.2) is 5.78 Å². The Balaban J connectivity index is 2.28. The van der Waals surface area contributed by atoms with Crippen LogP contribution in [-0.2, 0) is 4.74 Å². The van der Waals surface area contributed by atoms with E-state index in [1.54, 1.807) is 13.2 Å². The van der Waals surface area contributed by atoms with Crippen LogP contribution in [0.15, 0.2) is 18.2 Å². The van der Waals surface area contributed by atoms with Gasteiger partial charge in [0.1, 0.15) is 11.4 Å². The van der Waals surface area contributed by atoms with Crippen molar-refractivity contribution in [1.82, 2.24) is 0 Å². The lowest BCUT2D eigenvalue weighted by atomic mass is 9.91. The monoisotopic (exact) mass is 234 g/mol. The fraction of sp³-hybridized carbons (Fsp3) is 0.500. The van der Waals surface area contributed by atoms with E-state index in [2.05, 4.69) is 0 Å². The van der Waals surface area contributed by atoms with E-state index in [-0.39, 0.29) is 5.78 Å². The molecule has 3 nitrogen and oxygen atoms in total. The molecule has 0 saturated carbocycles. The molecule has 0 bridgehead atoms. The molecule has 1 heterocycles. The smallest absolute Gasteiger partial charge is 0.194 e. The summed E-state index contributed by atoms with van der Waals surface area (Å²) in [6, 6.07) is 5.51. The van der Waals surface area contributed by atoms with Crippen molar-refractivity contribution >= 4 is 5.78 Å². The Kier molecular flexibility index (Phi) is 3.20. The number of carbonyl (C=O) groups excluding carboxylic acids is 1. The van der Waals surface area contributed by atoms with E-state index in [0.717, 1.165) is 24.2 Å². The molecule has 0 spiro atoms. The molecule has 92 valence electrons. The first-order valence-corrected chi connectivity index (χ1v) is 5.90. The van der Waals surface area contributed by atoms with E-state index in [4.69, 9.17) is 9.47 Å². The minimum Gasteiger partial charge on any atom is -0.496 e. The Morgan fingerprint density at radius 1 is 1.47 bits per heavy atom.